The van der Waals surface area contributed by atoms with Gasteiger partial charge in [0, 0.05) is 26.1 Å². The molecule has 2 aliphatic heterocycles. The monoisotopic (exact) mass is 440 g/mol. The van der Waals surface area contributed by atoms with Crippen LogP contribution in [0.1, 0.15) is 64.5 Å². The summed E-state index contributed by atoms with van der Waals surface area (Å²) in [5.41, 5.74) is 0.559. The Morgan fingerprint density at radius 1 is 1.07 bits per heavy atom. The van der Waals surface area contributed by atoms with Gasteiger partial charge >= 0.3 is 6.09 Å². The molecule has 2 amide bonds. The fourth-order valence-electron chi connectivity index (χ4n) is 4.14. The molecule has 0 aromatic heterocycles. The van der Waals surface area contributed by atoms with Crippen LogP contribution in [0.2, 0.25) is 10.0 Å². The number of piperidine rings is 1. The predicted octanol–water partition coefficient (Wildman–Crippen LogP) is 5.69. The summed E-state index contributed by atoms with van der Waals surface area (Å²) in [5.74, 6) is 0.491. The first kappa shape index (κ1) is 22.2. The number of benzene rings is 1. The first-order valence-corrected chi connectivity index (χ1v) is 11.1. The highest BCUT2D eigenvalue weighted by molar-refractivity contribution is 6.42. The Labute approximate surface area is 183 Å². The van der Waals surface area contributed by atoms with E-state index in [0.29, 0.717) is 35.5 Å². The van der Waals surface area contributed by atoms with E-state index in [4.69, 9.17) is 27.9 Å². The molecule has 2 aliphatic rings. The zero-order valence-corrected chi connectivity index (χ0v) is 18.9. The van der Waals surface area contributed by atoms with Gasteiger partial charge in [0.1, 0.15) is 5.60 Å². The molecule has 0 N–H and O–H groups in total. The molecular formula is C22H30Cl2N2O3. The molecule has 3 rings (SSSR count). The molecule has 5 nitrogen and oxygen atoms in total. The number of likely N-dealkylation sites (tertiary alicyclic amines) is 2. The summed E-state index contributed by atoms with van der Waals surface area (Å²) >= 11 is 12.2. The second kappa shape index (κ2) is 9.13. The Balaban J connectivity index is 1.54. The molecule has 1 aromatic rings. The molecule has 160 valence electrons. The van der Waals surface area contributed by atoms with E-state index >= 15 is 0 Å². The Bertz CT molecular complexity index is 755. The van der Waals surface area contributed by atoms with Gasteiger partial charge in [0.25, 0.3) is 0 Å². The highest BCUT2D eigenvalue weighted by atomic mass is 35.5. The van der Waals surface area contributed by atoms with Crippen LogP contribution >= 0.6 is 23.2 Å². The van der Waals surface area contributed by atoms with Crippen molar-refractivity contribution < 1.29 is 14.3 Å². The fourth-order valence-corrected chi connectivity index (χ4v) is 4.45. The zero-order valence-electron chi connectivity index (χ0n) is 17.4. The number of halogens is 2. The molecule has 1 aromatic carbocycles. The van der Waals surface area contributed by atoms with Crippen LogP contribution in [0.5, 0.6) is 0 Å². The molecule has 2 heterocycles. The number of amides is 2. The minimum Gasteiger partial charge on any atom is -0.444 e. The number of nitrogens with zero attached hydrogens (tertiary/aromatic N) is 2. The summed E-state index contributed by atoms with van der Waals surface area (Å²) < 4.78 is 5.45. The van der Waals surface area contributed by atoms with Crippen LogP contribution in [0.15, 0.2) is 18.2 Å². The smallest absolute Gasteiger partial charge is 0.410 e. The van der Waals surface area contributed by atoms with Crippen molar-refractivity contribution in [2.45, 2.75) is 64.5 Å². The highest BCUT2D eigenvalue weighted by Gasteiger charge is 2.33. The minimum absolute atomic E-state index is 0.0686. The Morgan fingerprint density at radius 2 is 1.76 bits per heavy atom. The lowest BCUT2D eigenvalue weighted by Gasteiger charge is -2.34. The molecule has 0 saturated carbocycles. The molecule has 0 bridgehead atoms. The first-order valence-electron chi connectivity index (χ1n) is 10.4. The van der Waals surface area contributed by atoms with Crippen LogP contribution in [0.3, 0.4) is 0 Å². The molecule has 2 fully saturated rings. The van der Waals surface area contributed by atoms with E-state index in [1.165, 1.54) is 0 Å². The maximum atomic E-state index is 13.0. The topological polar surface area (TPSA) is 49.9 Å². The highest BCUT2D eigenvalue weighted by Crippen LogP contribution is 2.36. The second-order valence-electron chi connectivity index (χ2n) is 9.03. The average molecular weight is 441 g/mol. The van der Waals surface area contributed by atoms with Crippen LogP contribution in [-0.4, -0.2) is 47.0 Å². The SMILES string of the molecule is CC(C)(C)OC(=O)N1CCC(CC(=O)N2CCCC2c2ccc(Cl)c(Cl)c2)CC1. The second-order valence-corrected chi connectivity index (χ2v) is 9.85. The van der Waals surface area contributed by atoms with Gasteiger partial charge in [0.05, 0.1) is 16.1 Å². The predicted molar refractivity (Wildman–Crippen MR) is 115 cm³/mol. The summed E-state index contributed by atoms with van der Waals surface area (Å²) in [6, 6.07) is 5.70. The van der Waals surface area contributed by atoms with Gasteiger partial charge in [-0.05, 0) is 70.1 Å². The van der Waals surface area contributed by atoms with Gasteiger partial charge in [-0.1, -0.05) is 29.3 Å². The van der Waals surface area contributed by atoms with Gasteiger partial charge in [-0.15, -0.1) is 0 Å². The van der Waals surface area contributed by atoms with Crippen LogP contribution in [0.25, 0.3) is 0 Å². The van der Waals surface area contributed by atoms with Gasteiger partial charge in [-0.25, -0.2) is 4.79 Å². The van der Waals surface area contributed by atoms with Gasteiger partial charge < -0.3 is 14.5 Å². The number of carbonyl (C=O) groups excluding carboxylic acids is 2. The van der Waals surface area contributed by atoms with E-state index in [1.807, 2.05) is 37.8 Å². The first-order chi connectivity index (χ1) is 13.6. The van der Waals surface area contributed by atoms with E-state index in [1.54, 1.807) is 11.0 Å². The molecule has 0 aliphatic carbocycles. The zero-order chi connectivity index (χ0) is 21.2. The van der Waals surface area contributed by atoms with Crippen molar-refractivity contribution in [3.8, 4) is 0 Å². The van der Waals surface area contributed by atoms with Gasteiger partial charge in [0.2, 0.25) is 5.91 Å². The molecular weight excluding hydrogens is 411 g/mol. The summed E-state index contributed by atoms with van der Waals surface area (Å²) in [6.45, 7) is 7.68. The molecule has 0 spiro atoms. The van der Waals surface area contributed by atoms with E-state index < -0.39 is 5.60 Å². The molecule has 1 unspecified atom stereocenters. The Hall–Kier alpha value is -1.46. The van der Waals surface area contributed by atoms with Crippen molar-refractivity contribution >= 4 is 35.2 Å². The standard InChI is InChI=1S/C22H30Cl2N2O3/c1-22(2,3)29-21(28)25-11-8-15(9-12-25)13-20(27)26-10-4-5-19(26)16-6-7-17(23)18(24)14-16/h6-7,14-15,19H,4-5,8-13H2,1-3H3. The summed E-state index contributed by atoms with van der Waals surface area (Å²) in [4.78, 5) is 29.0. The van der Waals surface area contributed by atoms with E-state index in [-0.39, 0.29) is 18.0 Å². The number of ether oxygens (including phenoxy) is 1. The van der Waals surface area contributed by atoms with Crippen molar-refractivity contribution in [3.05, 3.63) is 33.8 Å². The summed E-state index contributed by atoms with van der Waals surface area (Å²) in [7, 11) is 0. The Kier molecular flexibility index (Phi) is 7.00. The van der Waals surface area contributed by atoms with Crippen LogP contribution in [0, 0.1) is 5.92 Å². The number of hydrogen-bond donors (Lipinski definition) is 0. The van der Waals surface area contributed by atoms with E-state index in [2.05, 4.69) is 0 Å². The maximum Gasteiger partial charge on any atom is 0.410 e. The summed E-state index contributed by atoms with van der Waals surface area (Å²) in [6.07, 6.45) is 3.86. The van der Waals surface area contributed by atoms with Crippen LogP contribution < -0.4 is 0 Å². The molecule has 29 heavy (non-hydrogen) atoms. The Morgan fingerprint density at radius 3 is 2.38 bits per heavy atom. The normalized spacial score (nSPS) is 20.8. The molecule has 2 saturated heterocycles. The van der Waals surface area contributed by atoms with Crippen LogP contribution in [0.4, 0.5) is 4.79 Å². The lowest BCUT2D eigenvalue weighted by molar-refractivity contribution is -0.133. The lowest BCUT2D eigenvalue weighted by Crippen LogP contribution is -2.42. The average Bonchev–Trinajstić information content (AvgIpc) is 3.13. The van der Waals surface area contributed by atoms with Crippen molar-refractivity contribution in [2.75, 3.05) is 19.6 Å². The van der Waals surface area contributed by atoms with E-state index in [9.17, 15) is 9.59 Å². The van der Waals surface area contributed by atoms with Gasteiger partial charge in [-0.2, -0.15) is 0 Å². The van der Waals surface area contributed by atoms with Crippen molar-refractivity contribution in [2.24, 2.45) is 5.92 Å². The maximum absolute atomic E-state index is 13.0. The van der Waals surface area contributed by atoms with Crippen molar-refractivity contribution in [1.29, 1.82) is 0 Å². The van der Waals surface area contributed by atoms with Crippen molar-refractivity contribution in [1.82, 2.24) is 9.80 Å². The van der Waals surface area contributed by atoms with Crippen molar-refractivity contribution in [3.63, 3.8) is 0 Å². The largest absolute Gasteiger partial charge is 0.444 e. The molecule has 0 radical (unpaired) electrons. The van der Waals surface area contributed by atoms with Gasteiger partial charge in [-0.3, -0.25) is 4.79 Å². The quantitative estimate of drug-likeness (QED) is 0.605. The van der Waals surface area contributed by atoms with Gasteiger partial charge in [0.15, 0.2) is 0 Å². The third-order valence-corrected chi connectivity index (χ3v) is 6.37. The number of hydrogen-bond acceptors (Lipinski definition) is 3. The number of carbonyl (C=O) groups is 2. The molecule has 1 atom stereocenters. The molecule has 7 heteroatoms. The summed E-state index contributed by atoms with van der Waals surface area (Å²) in [5, 5.41) is 1.06. The minimum atomic E-state index is -0.487. The number of rotatable bonds is 3. The third-order valence-electron chi connectivity index (χ3n) is 5.63. The third kappa shape index (κ3) is 5.79. The fraction of sp³-hybridized carbons (Fsp3) is 0.636. The lowest BCUT2D eigenvalue weighted by atomic mass is 9.93. The van der Waals surface area contributed by atoms with Crippen LogP contribution in [-0.2, 0) is 9.53 Å². The van der Waals surface area contributed by atoms with E-state index in [0.717, 1.165) is 37.8 Å².